The molecule has 0 N–H and O–H groups in total. The maximum Gasteiger partial charge on any atom is 0.409 e. The molecule has 0 spiro atoms. The van der Waals surface area contributed by atoms with E-state index in [0.717, 1.165) is 0 Å². The summed E-state index contributed by atoms with van der Waals surface area (Å²) in [6.07, 6.45) is -0.884. The van der Waals surface area contributed by atoms with Crippen molar-refractivity contribution in [2.24, 2.45) is 0 Å². The van der Waals surface area contributed by atoms with Crippen molar-refractivity contribution in [1.82, 2.24) is 0 Å². The molecule has 1 aromatic rings. The van der Waals surface area contributed by atoms with Crippen molar-refractivity contribution in [3.05, 3.63) is 36.4 Å². The molecule has 0 fully saturated rings. The third kappa shape index (κ3) is 2.60. The van der Waals surface area contributed by atoms with Crippen LogP contribution in [0.15, 0.2) is 36.4 Å². The van der Waals surface area contributed by atoms with Crippen LogP contribution >= 0.6 is 0 Å². The molecular weight excluding hydrogens is 243 g/mol. The molecule has 1 atom stereocenters. The minimum Gasteiger partial charge on any atom is -0.497 e. The minimum atomic E-state index is -4.22. The number of nitrogens with zero attached hydrogens (tertiary/aromatic N) is 1. The molecule has 2 nitrogen and oxygen atoms in total. The standard InChI is InChI=1S/C13H14F3NO/c1-18-11-7-5-10(6-8-11)17-9-3-2-4-12(17)13(14,15)16/h2-3,5-8,12H,4,9H2,1H3. The lowest BCUT2D eigenvalue weighted by Crippen LogP contribution is -2.47. The van der Waals surface area contributed by atoms with Gasteiger partial charge in [0.25, 0.3) is 0 Å². The van der Waals surface area contributed by atoms with Crippen LogP contribution in [0.4, 0.5) is 18.9 Å². The topological polar surface area (TPSA) is 12.5 Å². The Morgan fingerprint density at radius 3 is 2.39 bits per heavy atom. The summed E-state index contributed by atoms with van der Waals surface area (Å²) < 4.78 is 43.8. The first-order valence-corrected chi connectivity index (χ1v) is 5.65. The van der Waals surface area contributed by atoms with Crippen LogP contribution in [0.3, 0.4) is 0 Å². The molecule has 18 heavy (non-hydrogen) atoms. The first-order valence-electron chi connectivity index (χ1n) is 5.65. The third-order valence-electron chi connectivity index (χ3n) is 2.99. The normalized spacial score (nSPS) is 20.0. The molecular formula is C13H14F3NO. The number of benzene rings is 1. The molecule has 1 heterocycles. The average Bonchev–Trinajstić information content (AvgIpc) is 2.38. The SMILES string of the molecule is COc1ccc(N2CC=CCC2C(F)(F)F)cc1. The fraction of sp³-hybridized carbons (Fsp3) is 0.385. The minimum absolute atomic E-state index is 0.00444. The fourth-order valence-corrected chi connectivity index (χ4v) is 2.04. The molecule has 2 rings (SSSR count). The van der Waals surface area contributed by atoms with Gasteiger partial charge in [-0.25, -0.2) is 0 Å². The maximum atomic E-state index is 12.9. The Balaban J connectivity index is 2.26. The van der Waals surface area contributed by atoms with E-state index in [1.165, 1.54) is 12.0 Å². The molecule has 98 valence electrons. The average molecular weight is 257 g/mol. The number of anilines is 1. The molecule has 0 aliphatic carbocycles. The van der Waals surface area contributed by atoms with Crippen LogP contribution in [-0.2, 0) is 0 Å². The quantitative estimate of drug-likeness (QED) is 0.753. The summed E-state index contributed by atoms with van der Waals surface area (Å²) in [6.45, 7) is 0.274. The van der Waals surface area contributed by atoms with Gasteiger partial charge in [0.1, 0.15) is 11.8 Å². The second kappa shape index (κ2) is 4.92. The number of methoxy groups -OCH3 is 1. The summed E-state index contributed by atoms with van der Waals surface area (Å²) in [5.41, 5.74) is 0.558. The van der Waals surface area contributed by atoms with E-state index in [2.05, 4.69) is 0 Å². The molecule has 1 aliphatic heterocycles. The smallest absolute Gasteiger partial charge is 0.409 e. The summed E-state index contributed by atoms with van der Waals surface area (Å²) in [6, 6.07) is 5.19. The van der Waals surface area contributed by atoms with Crippen LogP contribution < -0.4 is 9.64 Å². The first kappa shape index (κ1) is 12.8. The van der Waals surface area contributed by atoms with Gasteiger partial charge in [-0.1, -0.05) is 12.2 Å². The van der Waals surface area contributed by atoms with Crippen LogP contribution in [0.5, 0.6) is 5.75 Å². The highest BCUT2D eigenvalue weighted by Crippen LogP contribution is 2.33. The lowest BCUT2D eigenvalue weighted by atomic mass is 10.1. The molecule has 5 heteroatoms. The van der Waals surface area contributed by atoms with Crippen molar-refractivity contribution in [2.45, 2.75) is 18.6 Å². The Labute approximate surface area is 104 Å². The van der Waals surface area contributed by atoms with E-state index < -0.39 is 12.2 Å². The lowest BCUT2D eigenvalue weighted by molar-refractivity contribution is -0.148. The zero-order chi connectivity index (χ0) is 13.2. The van der Waals surface area contributed by atoms with Crippen molar-refractivity contribution in [2.75, 3.05) is 18.6 Å². The van der Waals surface area contributed by atoms with Crippen molar-refractivity contribution < 1.29 is 17.9 Å². The highest BCUT2D eigenvalue weighted by atomic mass is 19.4. The molecule has 0 radical (unpaired) electrons. The molecule has 0 saturated carbocycles. The molecule has 0 aromatic heterocycles. The molecule has 1 unspecified atom stereocenters. The van der Waals surface area contributed by atoms with Gasteiger partial charge in [0.2, 0.25) is 0 Å². The van der Waals surface area contributed by atoms with Crippen molar-refractivity contribution in [1.29, 1.82) is 0 Å². The first-order chi connectivity index (χ1) is 8.52. The number of alkyl halides is 3. The van der Waals surface area contributed by atoms with E-state index >= 15 is 0 Å². The van der Waals surface area contributed by atoms with E-state index in [0.29, 0.717) is 11.4 Å². The Kier molecular flexibility index (Phi) is 3.50. The summed E-state index contributed by atoms with van der Waals surface area (Å²) in [7, 11) is 1.52. The van der Waals surface area contributed by atoms with Gasteiger partial charge in [0, 0.05) is 12.2 Å². The van der Waals surface area contributed by atoms with Gasteiger partial charge >= 0.3 is 6.18 Å². The van der Waals surface area contributed by atoms with Crippen LogP contribution in [0, 0.1) is 0 Å². The zero-order valence-corrected chi connectivity index (χ0v) is 9.95. The van der Waals surface area contributed by atoms with Gasteiger partial charge in [0.05, 0.1) is 7.11 Å². The summed E-state index contributed by atoms with van der Waals surface area (Å²) in [5, 5.41) is 0. The van der Waals surface area contributed by atoms with E-state index in [4.69, 9.17) is 4.74 Å². The summed E-state index contributed by atoms with van der Waals surface area (Å²) in [5.74, 6) is 0.634. The summed E-state index contributed by atoms with van der Waals surface area (Å²) in [4.78, 5) is 1.36. The van der Waals surface area contributed by atoms with E-state index in [1.54, 1.807) is 36.4 Å². The molecule has 0 bridgehead atoms. The number of halogens is 3. The van der Waals surface area contributed by atoms with Crippen LogP contribution in [0.25, 0.3) is 0 Å². The van der Waals surface area contributed by atoms with Crippen molar-refractivity contribution in [3.63, 3.8) is 0 Å². The van der Waals surface area contributed by atoms with E-state index in [-0.39, 0.29) is 13.0 Å². The van der Waals surface area contributed by atoms with Gasteiger partial charge in [0.15, 0.2) is 0 Å². The Bertz CT molecular complexity index is 425. The number of hydrogen-bond acceptors (Lipinski definition) is 2. The summed E-state index contributed by atoms with van der Waals surface area (Å²) >= 11 is 0. The second-order valence-electron chi connectivity index (χ2n) is 4.11. The highest BCUT2D eigenvalue weighted by molar-refractivity contribution is 5.51. The lowest BCUT2D eigenvalue weighted by Gasteiger charge is -2.36. The number of ether oxygens (including phenoxy) is 1. The zero-order valence-electron chi connectivity index (χ0n) is 9.95. The Morgan fingerprint density at radius 1 is 1.17 bits per heavy atom. The number of hydrogen-bond donors (Lipinski definition) is 0. The predicted molar refractivity (Wildman–Crippen MR) is 63.9 cm³/mol. The van der Waals surface area contributed by atoms with Gasteiger partial charge in [-0.05, 0) is 30.7 Å². The van der Waals surface area contributed by atoms with Gasteiger partial charge in [-0.3, -0.25) is 0 Å². The molecule has 0 amide bonds. The number of rotatable bonds is 2. The Hall–Kier alpha value is -1.65. The van der Waals surface area contributed by atoms with Crippen LogP contribution in [0.1, 0.15) is 6.42 Å². The highest BCUT2D eigenvalue weighted by Gasteiger charge is 2.43. The van der Waals surface area contributed by atoms with E-state index in [9.17, 15) is 13.2 Å². The van der Waals surface area contributed by atoms with Crippen molar-refractivity contribution >= 4 is 5.69 Å². The second-order valence-corrected chi connectivity index (χ2v) is 4.11. The molecule has 1 aromatic carbocycles. The van der Waals surface area contributed by atoms with Gasteiger partial charge < -0.3 is 9.64 Å². The van der Waals surface area contributed by atoms with E-state index in [1.807, 2.05) is 0 Å². The Morgan fingerprint density at radius 2 is 1.83 bits per heavy atom. The van der Waals surface area contributed by atoms with Crippen LogP contribution in [-0.4, -0.2) is 25.9 Å². The maximum absolute atomic E-state index is 12.9. The third-order valence-corrected chi connectivity index (χ3v) is 2.99. The monoisotopic (exact) mass is 257 g/mol. The fourth-order valence-electron chi connectivity index (χ4n) is 2.04. The predicted octanol–water partition coefficient (Wildman–Crippen LogP) is 3.39. The largest absolute Gasteiger partial charge is 0.497 e. The van der Waals surface area contributed by atoms with Crippen LogP contribution in [0.2, 0.25) is 0 Å². The molecule has 0 saturated heterocycles. The van der Waals surface area contributed by atoms with Crippen molar-refractivity contribution in [3.8, 4) is 5.75 Å². The van der Waals surface area contributed by atoms with Gasteiger partial charge in [-0.15, -0.1) is 0 Å². The van der Waals surface area contributed by atoms with Gasteiger partial charge in [-0.2, -0.15) is 13.2 Å². The molecule has 1 aliphatic rings.